The van der Waals surface area contributed by atoms with Crippen molar-refractivity contribution in [3.63, 3.8) is 0 Å². The molecule has 0 aromatic heterocycles. The Morgan fingerprint density at radius 1 is 0.737 bits per heavy atom. The number of halogens is 1. The van der Waals surface area contributed by atoms with Crippen molar-refractivity contribution in [1.29, 1.82) is 0 Å². The average Bonchev–Trinajstić information content (AvgIpc) is 2.48. The van der Waals surface area contributed by atoms with Crippen LogP contribution < -0.4 is 0 Å². The predicted octanol–water partition coefficient (Wildman–Crippen LogP) is 5.10. The molecule has 0 fully saturated rings. The van der Waals surface area contributed by atoms with E-state index in [1.54, 1.807) is 0 Å². The normalized spacial score (nSPS) is 9.53. The molecule has 19 heavy (non-hydrogen) atoms. The zero-order chi connectivity index (χ0) is 13.5. The molecule has 0 N–H and O–H groups in total. The Labute approximate surface area is 121 Å². The van der Waals surface area contributed by atoms with Crippen LogP contribution in [0.4, 0.5) is 0 Å². The SMILES string of the molecule is Brc1ccccc1.O=Cc1ccc2ccccc2c1. The molecule has 0 atom stereocenters. The Balaban J connectivity index is 0.000000163. The number of hydrogen-bond acceptors (Lipinski definition) is 1. The highest BCUT2D eigenvalue weighted by Crippen LogP contribution is 2.14. The fraction of sp³-hybridized carbons (Fsp3) is 0. The van der Waals surface area contributed by atoms with Crippen LogP contribution in [0.1, 0.15) is 10.4 Å². The minimum atomic E-state index is 0.730. The fourth-order valence-electron chi connectivity index (χ4n) is 1.70. The van der Waals surface area contributed by atoms with Gasteiger partial charge in [-0.3, -0.25) is 4.79 Å². The summed E-state index contributed by atoms with van der Waals surface area (Å²) in [5.74, 6) is 0. The van der Waals surface area contributed by atoms with E-state index in [1.165, 1.54) is 5.39 Å². The minimum absolute atomic E-state index is 0.730. The summed E-state index contributed by atoms with van der Waals surface area (Å²) in [4.78, 5) is 10.5. The summed E-state index contributed by atoms with van der Waals surface area (Å²) < 4.78 is 1.13. The van der Waals surface area contributed by atoms with E-state index in [1.807, 2.05) is 72.8 Å². The molecule has 0 unspecified atom stereocenters. The number of carbonyl (C=O) groups is 1. The molecule has 2 heteroatoms. The Morgan fingerprint density at radius 3 is 1.95 bits per heavy atom. The average molecular weight is 313 g/mol. The highest BCUT2D eigenvalue weighted by Gasteiger charge is 1.92. The van der Waals surface area contributed by atoms with Gasteiger partial charge in [-0.15, -0.1) is 0 Å². The lowest BCUT2D eigenvalue weighted by Crippen LogP contribution is -1.78. The van der Waals surface area contributed by atoms with E-state index in [-0.39, 0.29) is 0 Å². The van der Waals surface area contributed by atoms with E-state index in [2.05, 4.69) is 15.9 Å². The van der Waals surface area contributed by atoms with Crippen LogP contribution in [0.5, 0.6) is 0 Å². The second-order valence-electron chi connectivity index (χ2n) is 4.02. The molecule has 94 valence electrons. The lowest BCUT2D eigenvalue weighted by Gasteiger charge is -1.96. The van der Waals surface area contributed by atoms with E-state index in [0.29, 0.717) is 0 Å². The van der Waals surface area contributed by atoms with E-state index in [0.717, 1.165) is 21.7 Å². The molecule has 0 saturated carbocycles. The first-order valence-electron chi connectivity index (χ1n) is 5.94. The summed E-state index contributed by atoms with van der Waals surface area (Å²) in [5.41, 5.74) is 0.730. The lowest BCUT2D eigenvalue weighted by atomic mass is 10.1. The zero-order valence-electron chi connectivity index (χ0n) is 10.3. The van der Waals surface area contributed by atoms with Crippen LogP contribution in [0.3, 0.4) is 0 Å². The summed E-state index contributed by atoms with van der Waals surface area (Å²) in [7, 11) is 0. The Morgan fingerprint density at radius 2 is 1.37 bits per heavy atom. The van der Waals surface area contributed by atoms with E-state index >= 15 is 0 Å². The predicted molar refractivity (Wildman–Crippen MR) is 83.5 cm³/mol. The lowest BCUT2D eigenvalue weighted by molar-refractivity contribution is 0.112. The molecule has 0 aliphatic heterocycles. The van der Waals surface area contributed by atoms with Gasteiger partial charge in [0.2, 0.25) is 0 Å². The quantitative estimate of drug-likeness (QED) is 0.571. The first-order valence-corrected chi connectivity index (χ1v) is 6.73. The first-order chi connectivity index (χ1) is 9.29. The van der Waals surface area contributed by atoms with E-state index in [9.17, 15) is 4.79 Å². The van der Waals surface area contributed by atoms with Gasteiger partial charge in [-0.2, -0.15) is 0 Å². The molecule has 0 amide bonds. The number of rotatable bonds is 1. The molecule has 3 aromatic carbocycles. The molecule has 1 nitrogen and oxygen atoms in total. The highest BCUT2D eigenvalue weighted by molar-refractivity contribution is 9.10. The van der Waals surface area contributed by atoms with Crippen LogP contribution in [0, 0.1) is 0 Å². The van der Waals surface area contributed by atoms with Gasteiger partial charge in [0.05, 0.1) is 0 Å². The van der Waals surface area contributed by atoms with Crippen LogP contribution in [0.25, 0.3) is 10.8 Å². The van der Waals surface area contributed by atoms with Crippen LogP contribution in [-0.2, 0) is 0 Å². The monoisotopic (exact) mass is 312 g/mol. The summed E-state index contributed by atoms with van der Waals surface area (Å²) in [5, 5.41) is 2.28. The molecule has 0 saturated heterocycles. The van der Waals surface area contributed by atoms with Gasteiger partial charge in [-0.05, 0) is 29.0 Å². The van der Waals surface area contributed by atoms with E-state index < -0.39 is 0 Å². The third kappa shape index (κ3) is 4.04. The van der Waals surface area contributed by atoms with Gasteiger partial charge < -0.3 is 0 Å². The second-order valence-corrected chi connectivity index (χ2v) is 4.94. The zero-order valence-corrected chi connectivity index (χ0v) is 11.9. The summed E-state index contributed by atoms with van der Waals surface area (Å²) in [6.07, 6.45) is 0.867. The largest absolute Gasteiger partial charge is 0.298 e. The minimum Gasteiger partial charge on any atom is -0.298 e. The van der Waals surface area contributed by atoms with Gasteiger partial charge in [-0.25, -0.2) is 0 Å². The molecule has 3 aromatic rings. The second kappa shape index (κ2) is 6.86. The molecular formula is C17H13BrO. The molecule has 3 rings (SSSR count). The van der Waals surface area contributed by atoms with Crippen molar-refractivity contribution in [3.8, 4) is 0 Å². The number of hydrogen-bond donors (Lipinski definition) is 0. The maximum absolute atomic E-state index is 10.5. The van der Waals surface area contributed by atoms with Crippen molar-refractivity contribution < 1.29 is 4.79 Å². The van der Waals surface area contributed by atoms with Crippen LogP contribution in [0.15, 0.2) is 77.3 Å². The number of benzene rings is 3. The van der Waals surface area contributed by atoms with Gasteiger partial charge >= 0.3 is 0 Å². The smallest absolute Gasteiger partial charge is 0.150 e. The maximum Gasteiger partial charge on any atom is 0.150 e. The summed E-state index contributed by atoms with van der Waals surface area (Å²) in [6.45, 7) is 0. The number of fused-ring (bicyclic) bond motifs is 1. The van der Waals surface area contributed by atoms with Gasteiger partial charge in [0.15, 0.2) is 0 Å². The molecule has 0 radical (unpaired) electrons. The third-order valence-electron chi connectivity index (χ3n) is 2.64. The van der Waals surface area contributed by atoms with E-state index in [4.69, 9.17) is 0 Å². The van der Waals surface area contributed by atoms with Crippen molar-refractivity contribution in [2.24, 2.45) is 0 Å². The van der Waals surface area contributed by atoms with Crippen molar-refractivity contribution in [2.75, 3.05) is 0 Å². The topological polar surface area (TPSA) is 17.1 Å². The van der Waals surface area contributed by atoms with Crippen LogP contribution in [-0.4, -0.2) is 6.29 Å². The summed E-state index contributed by atoms with van der Waals surface area (Å²) in [6, 6.07) is 23.6. The van der Waals surface area contributed by atoms with Crippen molar-refractivity contribution in [2.45, 2.75) is 0 Å². The molecule has 0 heterocycles. The molecular weight excluding hydrogens is 300 g/mol. The molecule has 0 aliphatic carbocycles. The molecule has 0 spiro atoms. The Kier molecular flexibility index (Phi) is 4.87. The van der Waals surface area contributed by atoms with Gasteiger partial charge in [0.1, 0.15) is 6.29 Å². The van der Waals surface area contributed by atoms with Crippen molar-refractivity contribution >= 4 is 33.0 Å². The Bertz CT molecular complexity index is 662. The number of aldehydes is 1. The van der Waals surface area contributed by atoms with Crippen LogP contribution >= 0.6 is 15.9 Å². The fourth-order valence-corrected chi connectivity index (χ4v) is 2.00. The number of carbonyl (C=O) groups excluding carboxylic acids is 1. The van der Waals surface area contributed by atoms with Gasteiger partial charge in [0, 0.05) is 10.0 Å². The van der Waals surface area contributed by atoms with Gasteiger partial charge in [-0.1, -0.05) is 70.5 Å². The highest BCUT2D eigenvalue weighted by atomic mass is 79.9. The molecule has 0 bridgehead atoms. The first kappa shape index (κ1) is 13.5. The van der Waals surface area contributed by atoms with Crippen molar-refractivity contribution in [1.82, 2.24) is 0 Å². The molecule has 0 aliphatic rings. The van der Waals surface area contributed by atoms with Gasteiger partial charge in [0.25, 0.3) is 0 Å². The Hall–Kier alpha value is -1.93. The summed E-state index contributed by atoms with van der Waals surface area (Å²) >= 11 is 3.31. The van der Waals surface area contributed by atoms with Crippen molar-refractivity contribution in [3.05, 3.63) is 82.8 Å². The standard InChI is InChI=1S/C11H8O.C6H5Br/c12-8-9-5-6-10-3-1-2-4-11(10)7-9;7-6-4-2-1-3-5-6/h1-8H;1-5H. The third-order valence-corrected chi connectivity index (χ3v) is 3.17. The maximum atomic E-state index is 10.5. The van der Waals surface area contributed by atoms with Crippen LogP contribution in [0.2, 0.25) is 0 Å².